The normalized spacial score (nSPS) is 8.50. The number of rotatable bonds is 5. The number of allylic oxidation sites excluding steroid dienone is 2. The van der Waals surface area contributed by atoms with Crippen LogP contribution >= 0.6 is 0 Å². The lowest BCUT2D eigenvalue weighted by Gasteiger charge is -1.87. The third-order valence-electron chi connectivity index (χ3n) is 1.21. The number of hydrogen-bond acceptors (Lipinski definition) is 2. The number of unbranched alkanes of at least 4 members (excludes halogenated alkanes) is 2. The average Bonchev–Trinajstić information content (AvgIpc) is 1.99. The van der Waals surface area contributed by atoms with Crippen LogP contribution in [0.3, 0.4) is 0 Å². The van der Waals surface area contributed by atoms with Gasteiger partial charge in [0.05, 0.1) is 5.57 Å². The molecular weight excluding hydrogens is 128 g/mol. The third-order valence-corrected chi connectivity index (χ3v) is 1.21. The summed E-state index contributed by atoms with van der Waals surface area (Å²) in [5.41, 5.74) is 0.258. The van der Waals surface area contributed by atoms with E-state index in [0.717, 1.165) is 19.3 Å². The number of hydrogen-bond donors (Lipinski definition) is 0. The van der Waals surface area contributed by atoms with E-state index < -0.39 is 0 Å². The molecule has 0 aliphatic heterocycles. The Bertz CT molecular complexity index is 126. The summed E-state index contributed by atoms with van der Waals surface area (Å²) in [6, 6.07) is 0. The van der Waals surface area contributed by atoms with Gasteiger partial charge in [-0.25, -0.2) is 0 Å². The van der Waals surface area contributed by atoms with Gasteiger partial charge < -0.3 is 0 Å². The van der Waals surface area contributed by atoms with Gasteiger partial charge in [-0.3, -0.25) is 9.59 Å². The molecule has 0 rings (SSSR count). The van der Waals surface area contributed by atoms with Crippen LogP contribution in [0.4, 0.5) is 0 Å². The zero-order valence-electron chi connectivity index (χ0n) is 6.17. The van der Waals surface area contributed by atoms with Crippen LogP contribution in [-0.4, -0.2) is 12.6 Å². The molecule has 0 saturated carbocycles. The van der Waals surface area contributed by atoms with E-state index in [1.807, 2.05) is 0 Å². The van der Waals surface area contributed by atoms with Crippen molar-refractivity contribution in [1.82, 2.24) is 0 Å². The molecule has 0 radical (unpaired) electrons. The summed E-state index contributed by atoms with van der Waals surface area (Å²) in [6.45, 7) is 2.06. The first-order valence-electron chi connectivity index (χ1n) is 3.45. The fourth-order valence-electron chi connectivity index (χ4n) is 0.597. The molecule has 2 nitrogen and oxygen atoms in total. The van der Waals surface area contributed by atoms with E-state index in [1.54, 1.807) is 6.08 Å². The van der Waals surface area contributed by atoms with Crippen LogP contribution in [0.1, 0.15) is 26.2 Å². The third kappa shape index (κ3) is 4.01. The van der Waals surface area contributed by atoms with Crippen LogP contribution < -0.4 is 0 Å². The summed E-state index contributed by atoms with van der Waals surface area (Å²) in [6.07, 6.45) is 5.78. The summed E-state index contributed by atoms with van der Waals surface area (Å²) in [4.78, 5) is 20.1. The zero-order chi connectivity index (χ0) is 7.82. The number of carbonyl (C=O) groups is 2. The Labute approximate surface area is 60.9 Å². The highest BCUT2D eigenvalue weighted by Gasteiger charge is 1.88. The van der Waals surface area contributed by atoms with Crippen LogP contribution in [0.25, 0.3) is 0 Å². The van der Waals surface area contributed by atoms with Crippen molar-refractivity contribution in [2.24, 2.45) is 0 Å². The molecule has 0 saturated heterocycles. The molecule has 0 N–H and O–H groups in total. The Balaban J connectivity index is 3.63. The summed E-state index contributed by atoms with van der Waals surface area (Å²) in [5, 5.41) is 0. The van der Waals surface area contributed by atoms with E-state index in [0.29, 0.717) is 12.6 Å². The van der Waals surface area contributed by atoms with Crippen molar-refractivity contribution in [3.05, 3.63) is 11.6 Å². The highest BCUT2D eigenvalue weighted by molar-refractivity contribution is 5.99. The van der Waals surface area contributed by atoms with E-state index in [2.05, 4.69) is 6.92 Å². The lowest BCUT2D eigenvalue weighted by molar-refractivity contribution is -0.109. The summed E-state index contributed by atoms with van der Waals surface area (Å²) in [5.74, 6) is 0. The smallest absolute Gasteiger partial charge is 0.153 e. The highest BCUT2D eigenvalue weighted by atomic mass is 16.1. The minimum atomic E-state index is 0.258. The van der Waals surface area contributed by atoms with E-state index in [4.69, 9.17) is 0 Å². The van der Waals surface area contributed by atoms with Gasteiger partial charge >= 0.3 is 0 Å². The van der Waals surface area contributed by atoms with Crippen molar-refractivity contribution in [3.8, 4) is 0 Å². The Morgan fingerprint density at radius 1 is 1.30 bits per heavy atom. The Hall–Kier alpha value is -0.920. The fourth-order valence-corrected chi connectivity index (χ4v) is 0.597. The van der Waals surface area contributed by atoms with E-state index in [9.17, 15) is 9.59 Å². The van der Waals surface area contributed by atoms with E-state index in [-0.39, 0.29) is 5.57 Å². The van der Waals surface area contributed by atoms with Gasteiger partial charge in [-0.05, 0) is 6.42 Å². The van der Waals surface area contributed by atoms with Gasteiger partial charge in [-0.2, -0.15) is 0 Å². The molecule has 2 heteroatoms. The average molecular weight is 140 g/mol. The highest BCUT2D eigenvalue weighted by Crippen LogP contribution is 1.97. The molecule has 0 fully saturated rings. The largest absolute Gasteiger partial charge is 0.298 e. The fraction of sp³-hybridized carbons (Fsp3) is 0.500. The van der Waals surface area contributed by atoms with Crippen molar-refractivity contribution in [1.29, 1.82) is 0 Å². The SMILES string of the molecule is CCCCC=C(C=O)C=O. The van der Waals surface area contributed by atoms with E-state index >= 15 is 0 Å². The first-order chi connectivity index (χ1) is 4.85. The van der Waals surface area contributed by atoms with Gasteiger partial charge in [0.25, 0.3) is 0 Å². The van der Waals surface area contributed by atoms with Crippen LogP contribution in [0.15, 0.2) is 11.6 Å². The van der Waals surface area contributed by atoms with Crippen LogP contribution in [-0.2, 0) is 9.59 Å². The van der Waals surface area contributed by atoms with Gasteiger partial charge in [-0.15, -0.1) is 0 Å². The zero-order valence-corrected chi connectivity index (χ0v) is 6.17. The predicted molar refractivity (Wildman–Crippen MR) is 39.7 cm³/mol. The molecule has 0 atom stereocenters. The predicted octanol–water partition coefficient (Wildman–Crippen LogP) is 1.50. The molecule has 0 aliphatic rings. The molecule has 0 aromatic heterocycles. The second-order valence-corrected chi connectivity index (χ2v) is 2.08. The standard InChI is InChI=1S/C8H12O2/c1-2-3-4-5-8(6-9)7-10/h5-7H,2-4H2,1H3. The maximum atomic E-state index is 10.0. The molecule has 10 heavy (non-hydrogen) atoms. The quantitative estimate of drug-likeness (QED) is 0.191. The minimum Gasteiger partial charge on any atom is -0.298 e. The molecule has 0 bridgehead atoms. The van der Waals surface area contributed by atoms with Crippen LogP contribution in [0, 0.1) is 0 Å². The van der Waals surface area contributed by atoms with Crippen molar-refractivity contribution in [2.75, 3.05) is 0 Å². The molecule has 0 aliphatic carbocycles. The van der Waals surface area contributed by atoms with Gasteiger partial charge in [0, 0.05) is 0 Å². The van der Waals surface area contributed by atoms with Gasteiger partial charge in [0.2, 0.25) is 0 Å². The molecular formula is C8H12O2. The molecule has 0 spiro atoms. The topological polar surface area (TPSA) is 34.1 Å². The Morgan fingerprint density at radius 2 is 1.90 bits per heavy atom. The van der Waals surface area contributed by atoms with Gasteiger partial charge in [-0.1, -0.05) is 25.8 Å². The molecule has 0 unspecified atom stereocenters. The monoisotopic (exact) mass is 140 g/mol. The summed E-state index contributed by atoms with van der Waals surface area (Å²) < 4.78 is 0. The van der Waals surface area contributed by atoms with Crippen molar-refractivity contribution < 1.29 is 9.59 Å². The van der Waals surface area contributed by atoms with Crippen LogP contribution in [0.5, 0.6) is 0 Å². The van der Waals surface area contributed by atoms with Crippen molar-refractivity contribution >= 4 is 12.6 Å². The number of aldehydes is 2. The van der Waals surface area contributed by atoms with Crippen LogP contribution in [0.2, 0.25) is 0 Å². The maximum Gasteiger partial charge on any atom is 0.153 e. The van der Waals surface area contributed by atoms with Crippen molar-refractivity contribution in [3.63, 3.8) is 0 Å². The maximum absolute atomic E-state index is 10.0. The lowest BCUT2D eigenvalue weighted by atomic mass is 10.2. The molecule has 0 aromatic rings. The van der Waals surface area contributed by atoms with Gasteiger partial charge in [0.1, 0.15) is 0 Å². The second-order valence-electron chi connectivity index (χ2n) is 2.08. The first kappa shape index (κ1) is 9.08. The molecule has 0 amide bonds. The molecule has 0 heterocycles. The number of carbonyl (C=O) groups excluding carboxylic acids is 2. The molecule has 56 valence electrons. The first-order valence-corrected chi connectivity index (χ1v) is 3.45. The Kier molecular flexibility index (Phi) is 5.63. The summed E-state index contributed by atoms with van der Waals surface area (Å²) >= 11 is 0. The van der Waals surface area contributed by atoms with Gasteiger partial charge in [0.15, 0.2) is 12.6 Å². The Morgan fingerprint density at radius 3 is 2.30 bits per heavy atom. The molecule has 0 aromatic carbocycles. The minimum absolute atomic E-state index is 0.258. The van der Waals surface area contributed by atoms with E-state index in [1.165, 1.54) is 0 Å². The van der Waals surface area contributed by atoms with Crippen molar-refractivity contribution in [2.45, 2.75) is 26.2 Å². The lowest BCUT2D eigenvalue weighted by Crippen LogP contribution is -1.84. The summed E-state index contributed by atoms with van der Waals surface area (Å²) in [7, 11) is 0. The second kappa shape index (κ2) is 6.20.